The number of halogens is 3. The summed E-state index contributed by atoms with van der Waals surface area (Å²) >= 11 is 14.4. The van der Waals surface area contributed by atoms with Crippen LogP contribution >= 0.6 is 34.8 Å². The van der Waals surface area contributed by atoms with Gasteiger partial charge in [-0.1, -0.05) is 119 Å². The van der Waals surface area contributed by atoms with Crippen molar-refractivity contribution in [2.75, 3.05) is 20.8 Å². The van der Waals surface area contributed by atoms with E-state index in [0.717, 1.165) is 18.2 Å². The van der Waals surface area contributed by atoms with Crippen LogP contribution in [0.15, 0.2) is 83.9 Å². The number of hydrogen-bond donors (Lipinski definition) is 0. The Morgan fingerprint density at radius 3 is 2.18 bits per heavy atom. The first kappa shape index (κ1) is 40.1. The van der Waals surface area contributed by atoms with Gasteiger partial charge in [-0.05, 0) is 17.2 Å². The minimum absolute atomic E-state index is 0. The third-order valence-corrected chi connectivity index (χ3v) is 6.25. The normalized spacial score (nSPS) is 23.9. The molecule has 0 spiro atoms. The first-order valence-corrected chi connectivity index (χ1v) is 14.2. The van der Waals surface area contributed by atoms with Crippen LogP contribution in [0.25, 0.3) is 0 Å². The van der Waals surface area contributed by atoms with Crippen LogP contribution in [-0.4, -0.2) is 62.0 Å². The molecule has 2 heterocycles. The van der Waals surface area contributed by atoms with Crippen LogP contribution in [0.5, 0.6) is 11.5 Å². The number of nitrogens with zero attached hydrogens (tertiary/aromatic N) is 1. The molecule has 2 saturated heterocycles. The second-order valence-corrected chi connectivity index (χ2v) is 10.9. The fourth-order valence-electron chi connectivity index (χ4n) is 4.35. The Morgan fingerprint density at radius 1 is 0.955 bits per heavy atom. The predicted octanol–water partition coefficient (Wildman–Crippen LogP) is 3.18. The summed E-state index contributed by atoms with van der Waals surface area (Å²) in [6, 6.07) is 23.0. The third-order valence-electron chi connectivity index (χ3n) is 6.25. The van der Waals surface area contributed by atoms with Crippen molar-refractivity contribution in [3.05, 3.63) is 95.6 Å². The number of rotatable bonds is 7. The summed E-state index contributed by atoms with van der Waals surface area (Å²) in [7, 11) is 2.18. The largest absolute Gasteiger partial charge is 2.00 e. The van der Waals surface area contributed by atoms with E-state index in [4.69, 9.17) is 63.6 Å². The van der Waals surface area contributed by atoms with E-state index < -0.39 is 41.2 Å². The van der Waals surface area contributed by atoms with Gasteiger partial charge >= 0.3 is 0 Å². The topological polar surface area (TPSA) is 156 Å². The monoisotopic (exact) mass is 705 g/mol. The number of aliphatic imine (C=N–C) groups is 1. The van der Waals surface area contributed by atoms with Crippen LogP contribution in [-0.2, 0) is 49.6 Å². The van der Waals surface area contributed by atoms with Crippen molar-refractivity contribution < 1.29 is 63.0 Å². The smallest absolute Gasteiger partial charge is 0.184 e. The Bertz CT molecular complexity index is 1230. The second-order valence-electron chi connectivity index (χ2n) is 8.88. The summed E-state index contributed by atoms with van der Waals surface area (Å²) in [5, 5.41) is 34.5. The number of methoxy groups -OCH3 is 1. The van der Waals surface area contributed by atoms with Crippen LogP contribution in [0, 0.1) is 0 Å². The molecule has 3 aromatic rings. The van der Waals surface area contributed by atoms with Crippen LogP contribution in [0.2, 0.25) is 0 Å². The maximum Gasteiger partial charge on any atom is 0.184 e. The van der Waals surface area contributed by atoms with E-state index in [9.17, 15) is 10.2 Å². The number of para-hydroxylation sites is 1. The van der Waals surface area contributed by atoms with Crippen molar-refractivity contribution in [2.45, 2.75) is 47.8 Å². The Hall–Kier alpha value is -1.90. The Labute approximate surface area is 283 Å². The molecule has 5 rings (SSSR count). The average Bonchev–Trinajstić information content (AvgIpc) is 3.02. The molecule has 0 N–H and O–H groups in total. The van der Waals surface area contributed by atoms with E-state index in [0.29, 0.717) is 5.56 Å². The van der Waals surface area contributed by atoms with Crippen molar-refractivity contribution in [3.8, 4) is 11.5 Å². The second kappa shape index (κ2) is 21.0. The molecule has 2 fully saturated rings. The van der Waals surface area contributed by atoms with Gasteiger partial charge < -0.3 is 44.5 Å². The number of alkyl halides is 3. The fraction of sp³-hybridized carbons (Fsp3) is 0.367. The van der Waals surface area contributed by atoms with Crippen LogP contribution < -0.4 is 20.1 Å². The molecule has 0 saturated carbocycles. The molecule has 44 heavy (non-hydrogen) atoms. The van der Waals surface area contributed by atoms with Gasteiger partial charge in [-0.15, -0.1) is 0 Å². The van der Waals surface area contributed by atoms with E-state index in [1.165, 1.54) is 13.3 Å². The molecule has 1 radical (unpaired) electrons. The maximum atomic E-state index is 13.7. The molecule has 241 valence electrons. The predicted molar refractivity (Wildman–Crippen MR) is 155 cm³/mol. The van der Waals surface area contributed by atoms with Gasteiger partial charge in [-0.3, -0.25) is 4.99 Å². The van der Waals surface area contributed by atoms with Gasteiger partial charge in [-0.25, -0.2) is 0 Å². The first-order chi connectivity index (χ1) is 20.4. The van der Waals surface area contributed by atoms with Crippen LogP contribution in [0.1, 0.15) is 23.0 Å². The number of benzene rings is 3. The molecule has 0 amide bonds. The maximum absolute atomic E-state index is 13.7. The average molecular weight is 707 g/mol. The number of fused-ring (bicyclic) bond motifs is 1. The molecular weight excluding hydrogens is 676 g/mol. The van der Waals surface area contributed by atoms with Gasteiger partial charge in [0.2, 0.25) is 0 Å². The number of hydrogen-bond acceptors (Lipinski definition) is 9. The standard InChI is InChI=1S/C28H28NO7.CHCl3.CH3O.O.V/c1-32-21-14-8-13-20(24(21)30)15-29-23-25(31)26-22(17-34-27(36-26)19-11-6-3-7-12-19)35-28(23)33-16-18-9-4-2-5-10-18;2-1(3)4;1-2;;/h2-15,22-23,25-28,30H,16-17H2,1H3;1H;1H3;;/q-1;;-1;-2;/p-1/t22-,23-,25-,26-,27-,28+;;;;/m1..../s1. The Kier molecular flexibility index (Phi) is 19.2. The molecule has 0 aliphatic carbocycles. The summed E-state index contributed by atoms with van der Waals surface area (Å²) in [5.74, 6) is -0.109. The van der Waals surface area contributed by atoms with Gasteiger partial charge in [0.25, 0.3) is 0 Å². The Balaban J connectivity index is 0.00000112. The van der Waals surface area contributed by atoms with Crippen LogP contribution in [0.4, 0.5) is 0 Å². The fourth-order valence-corrected chi connectivity index (χ4v) is 4.35. The molecule has 2 aliphatic rings. The number of ether oxygens (including phenoxy) is 5. The van der Waals surface area contributed by atoms with E-state index in [1.54, 1.807) is 18.2 Å². The van der Waals surface area contributed by atoms with Gasteiger partial charge in [0.15, 0.2) is 16.9 Å². The van der Waals surface area contributed by atoms with Crippen molar-refractivity contribution in [1.82, 2.24) is 0 Å². The zero-order valence-corrected chi connectivity index (χ0v) is 27.4. The van der Waals surface area contributed by atoms with E-state index >= 15 is 0 Å². The summed E-state index contributed by atoms with van der Waals surface area (Å²) in [5.41, 5.74) is 2.06. The molecule has 0 bridgehead atoms. The molecule has 0 aromatic heterocycles. The summed E-state index contributed by atoms with van der Waals surface area (Å²) in [4.78, 5) is 4.49. The molecule has 0 unspecified atom stereocenters. The molecule has 3 aromatic carbocycles. The van der Waals surface area contributed by atoms with Crippen molar-refractivity contribution in [1.29, 1.82) is 0 Å². The molecule has 10 nitrogen and oxygen atoms in total. The summed E-state index contributed by atoms with van der Waals surface area (Å²) in [6.45, 7) is 0.424. The minimum Gasteiger partial charge on any atom is -2.00 e. The molecule has 14 heteroatoms. The zero-order chi connectivity index (χ0) is 30.5. The Morgan fingerprint density at radius 2 is 1.57 bits per heavy atom. The zero-order valence-electron chi connectivity index (χ0n) is 23.7. The third kappa shape index (κ3) is 11.5. The molecule has 6 atom stereocenters. The van der Waals surface area contributed by atoms with E-state index in [-0.39, 0.29) is 48.7 Å². The van der Waals surface area contributed by atoms with Crippen LogP contribution in [0.3, 0.4) is 0 Å². The van der Waals surface area contributed by atoms with Crippen molar-refractivity contribution in [2.24, 2.45) is 4.99 Å². The van der Waals surface area contributed by atoms with Crippen molar-refractivity contribution in [3.63, 3.8) is 0 Å². The quantitative estimate of drug-likeness (QED) is 0.268. The summed E-state index contributed by atoms with van der Waals surface area (Å²) in [6.07, 6.45) is -2.95. The van der Waals surface area contributed by atoms with Crippen molar-refractivity contribution >= 4 is 41.0 Å². The first-order valence-electron chi connectivity index (χ1n) is 12.9. The minimum atomic E-state index is -1.31. The van der Waals surface area contributed by atoms with E-state index in [1.807, 2.05) is 60.7 Å². The van der Waals surface area contributed by atoms with Gasteiger partial charge in [0.1, 0.15) is 11.9 Å². The molecule has 2 aliphatic heterocycles. The van der Waals surface area contributed by atoms with Gasteiger partial charge in [0.05, 0.1) is 32.5 Å². The van der Waals surface area contributed by atoms with Gasteiger partial charge in [-0.2, -0.15) is 7.11 Å². The summed E-state index contributed by atoms with van der Waals surface area (Å²) < 4.78 is 28.5. The SMILES string of the molecule is COc1cccc(C=N[C@H]2[C@@H](OCc3ccccc3)O[C@@H]3CO[C@@H](c4ccccc4)O[C@H]3[C@@H]2[O-])c1[O-].C[O-].ClC(Cl)Cl.[O-2].[V]. The van der Waals surface area contributed by atoms with E-state index in [2.05, 4.69) is 4.99 Å². The van der Waals surface area contributed by atoms with Gasteiger partial charge in [0, 0.05) is 30.3 Å². The molecular formula is C30H31Cl3NO9V-5.